The smallest absolute Gasteiger partial charge is 0.260 e. The van der Waals surface area contributed by atoms with Crippen molar-refractivity contribution in [3.63, 3.8) is 0 Å². The van der Waals surface area contributed by atoms with Gasteiger partial charge in [0.1, 0.15) is 5.75 Å². The molecule has 0 bridgehead atoms. The van der Waals surface area contributed by atoms with E-state index in [2.05, 4.69) is 0 Å². The van der Waals surface area contributed by atoms with Crippen LogP contribution in [0.4, 0.5) is 0 Å². The molecule has 2 rings (SSSR count). The van der Waals surface area contributed by atoms with E-state index in [1.165, 1.54) is 0 Å². The second-order valence-electron chi connectivity index (χ2n) is 4.68. The number of thiocarbonyl (C=S) groups is 1. The summed E-state index contributed by atoms with van der Waals surface area (Å²) in [6, 6.07) is 9.34. The van der Waals surface area contributed by atoms with Crippen molar-refractivity contribution in [2.24, 2.45) is 11.7 Å². The van der Waals surface area contributed by atoms with Crippen LogP contribution in [0.3, 0.4) is 0 Å². The number of nitrogens with zero attached hydrogens (tertiary/aromatic N) is 1. The first-order valence-electron chi connectivity index (χ1n) is 6.42. The SMILES string of the molecule is NC(=S)C1CCCN(C(=O)COc2ccccc2)C1. The van der Waals surface area contributed by atoms with Gasteiger partial charge in [-0.15, -0.1) is 0 Å². The summed E-state index contributed by atoms with van der Waals surface area (Å²) in [6.45, 7) is 1.44. The molecule has 4 nitrogen and oxygen atoms in total. The molecule has 0 radical (unpaired) electrons. The standard InChI is InChI=1S/C14H18N2O2S/c15-14(19)11-5-4-8-16(9-11)13(17)10-18-12-6-2-1-3-7-12/h1-3,6-7,11H,4-5,8-10H2,(H2,15,19). The van der Waals surface area contributed by atoms with Gasteiger partial charge in [-0.05, 0) is 25.0 Å². The summed E-state index contributed by atoms with van der Waals surface area (Å²) < 4.78 is 5.46. The van der Waals surface area contributed by atoms with E-state index in [9.17, 15) is 4.79 Å². The van der Waals surface area contributed by atoms with Crippen LogP contribution in [-0.4, -0.2) is 35.5 Å². The van der Waals surface area contributed by atoms with Crippen LogP contribution in [0, 0.1) is 5.92 Å². The van der Waals surface area contributed by atoms with Crippen molar-refractivity contribution in [3.05, 3.63) is 30.3 Å². The molecule has 1 aromatic carbocycles. The Morgan fingerprint density at radius 2 is 2.16 bits per heavy atom. The van der Waals surface area contributed by atoms with E-state index in [1.807, 2.05) is 30.3 Å². The van der Waals surface area contributed by atoms with Crippen LogP contribution in [0.15, 0.2) is 30.3 Å². The topological polar surface area (TPSA) is 55.6 Å². The van der Waals surface area contributed by atoms with Gasteiger partial charge < -0.3 is 15.4 Å². The zero-order valence-corrected chi connectivity index (χ0v) is 11.6. The van der Waals surface area contributed by atoms with E-state index >= 15 is 0 Å². The van der Waals surface area contributed by atoms with Crippen LogP contribution < -0.4 is 10.5 Å². The highest BCUT2D eigenvalue weighted by Crippen LogP contribution is 2.17. The minimum absolute atomic E-state index is 0.00944. The average Bonchev–Trinajstić information content (AvgIpc) is 2.46. The van der Waals surface area contributed by atoms with Crippen molar-refractivity contribution in [2.45, 2.75) is 12.8 Å². The number of hydrogen-bond donors (Lipinski definition) is 1. The lowest BCUT2D eigenvalue weighted by Gasteiger charge is -2.32. The van der Waals surface area contributed by atoms with Gasteiger partial charge in [0, 0.05) is 19.0 Å². The van der Waals surface area contributed by atoms with Gasteiger partial charge in [0.2, 0.25) is 0 Å². The molecule has 1 amide bonds. The summed E-state index contributed by atoms with van der Waals surface area (Å²) in [4.78, 5) is 14.3. The number of hydrogen-bond acceptors (Lipinski definition) is 3. The molecule has 1 aliphatic rings. The Balaban J connectivity index is 1.84. The van der Waals surface area contributed by atoms with E-state index in [0.717, 1.165) is 19.4 Å². The number of rotatable bonds is 4. The van der Waals surface area contributed by atoms with Crippen molar-refractivity contribution in [1.29, 1.82) is 0 Å². The summed E-state index contributed by atoms with van der Waals surface area (Å²) in [5.74, 6) is 0.841. The molecule has 0 aliphatic carbocycles. The van der Waals surface area contributed by atoms with Gasteiger partial charge in [-0.1, -0.05) is 30.4 Å². The van der Waals surface area contributed by atoms with Gasteiger partial charge in [0.25, 0.3) is 5.91 Å². The number of carbonyl (C=O) groups excluding carboxylic acids is 1. The monoisotopic (exact) mass is 278 g/mol. The summed E-state index contributed by atoms with van der Waals surface area (Å²) in [5.41, 5.74) is 5.66. The molecule has 5 heteroatoms. The molecule has 0 spiro atoms. The van der Waals surface area contributed by atoms with Crippen LogP contribution in [0.2, 0.25) is 0 Å². The lowest BCUT2D eigenvalue weighted by Crippen LogP contribution is -2.45. The van der Waals surface area contributed by atoms with Crippen molar-refractivity contribution >= 4 is 23.1 Å². The molecule has 0 aromatic heterocycles. The lowest BCUT2D eigenvalue weighted by molar-refractivity contribution is -0.134. The first-order chi connectivity index (χ1) is 9.16. The van der Waals surface area contributed by atoms with Crippen molar-refractivity contribution < 1.29 is 9.53 Å². The summed E-state index contributed by atoms with van der Waals surface area (Å²) in [6.07, 6.45) is 1.91. The van der Waals surface area contributed by atoms with Gasteiger partial charge in [-0.2, -0.15) is 0 Å². The van der Waals surface area contributed by atoms with E-state index in [0.29, 0.717) is 17.3 Å². The minimum atomic E-state index is -0.00944. The Hall–Kier alpha value is -1.62. The number of nitrogens with two attached hydrogens (primary N) is 1. The Kier molecular flexibility index (Phi) is 4.74. The Morgan fingerprint density at radius 3 is 2.84 bits per heavy atom. The van der Waals surface area contributed by atoms with Crippen LogP contribution in [0.5, 0.6) is 5.75 Å². The largest absolute Gasteiger partial charge is 0.484 e. The molecule has 1 aromatic rings. The molecule has 1 unspecified atom stereocenters. The number of carbonyl (C=O) groups is 1. The number of likely N-dealkylation sites (tertiary alicyclic amines) is 1. The third-order valence-corrected chi connectivity index (χ3v) is 3.62. The predicted octanol–water partition coefficient (Wildman–Crippen LogP) is 1.59. The highest BCUT2D eigenvalue weighted by atomic mass is 32.1. The number of amides is 1. The third-order valence-electron chi connectivity index (χ3n) is 3.28. The highest BCUT2D eigenvalue weighted by Gasteiger charge is 2.25. The van der Waals surface area contributed by atoms with Crippen LogP contribution in [-0.2, 0) is 4.79 Å². The van der Waals surface area contributed by atoms with E-state index in [1.54, 1.807) is 4.90 Å². The number of piperidine rings is 1. The molecule has 0 saturated carbocycles. The lowest BCUT2D eigenvalue weighted by atomic mass is 9.98. The Bertz CT molecular complexity index is 450. The highest BCUT2D eigenvalue weighted by molar-refractivity contribution is 7.80. The predicted molar refractivity (Wildman–Crippen MR) is 78.0 cm³/mol. The van der Waals surface area contributed by atoms with Gasteiger partial charge in [0.05, 0.1) is 4.99 Å². The van der Waals surface area contributed by atoms with Crippen LogP contribution >= 0.6 is 12.2 Å². The number of para-hydroxylation sites is 1. The van der Waals surface area contributed by atoms with Crippen LogP contribution in [0.25, 0.3) is 0 Å². The number of benzene rings is 1. The first-order valence-corrected chi connectivity index (χ1v) is 6.82. The van der Waals surface area contributed by atoms with E-state index in [4.69, 9.17) is 22.7 Å². The molecule has 102 valence electrons. The second-order valence-corrected chi connectivity index (χ2v) is 5.15. The van der Waals surface area contributed by atoms with Gasteiger partial charge >= 0.3 is 0 Å². The second kappa shape index (κ2) is 6.52. The quantitative estimate of drug-likeness (QED) is 0.850. The summed E-state index contributed by atoms with van der Waals surface area (Å²) in [5, 5.41) is 0. The summed E-state index contributed by atoms with van der Waals surface area (Å²) >= 11 is 5.00. The maximum atomic E-state index is 12.1. The zero-order chi connectivity index (χ0) is 13.7. The fraction of sp³-hybridized carbons (Fsp3) is 0.429. The molecule has 1 atom stereocenters. The van der Waals surface area contributed by atoms with Crippen molar-refractivity contribution in [1.82, 2.24) is 4.90 Å². The first kappa shape index (κ1) is 13.8. The molecular formula is C14H18N2O2S. The molecular weight excluding hydrogens is 260 g/mol. The molecule has 1 heterocycles. The maximum absolute atomic E-state index is 12.1. The molecule has 1 saturated heterocycles. The van der Waals surface area contributed by atoms with Gasteiger partial charge in [0.15, 0.2) is 6.61 Å². The fourth-order valence-electron chi connectivity index (χ4n) is 2.19. The normalized spacial score (nSPS) is 18.9. The molecule has 1 aliphatic heterocycles. The molecule has 1 fully saturated rings. The maximum Gasteiger partial charge on any atom is 0.260 e. The van der Waals surface area contributed by atoms with Crippen molar-refractivity contribution in [2.75, 3.05) is 19.7 Å². The molecule has 2 N–H and O–H groups in total. The number of ether oxygens (including phenoxy) is 1. The van der Waals surface area contributed by atoms with Gasteiger partial charge in [-0.25, -0.2) is 0 Å². The summed E-state index contributed by atoms with van der Waals surface area (Å²) in [7, 11) is 0. The van der Waals surface area contributed by atoms with E-state index in [-0.39, 0.29) is 18.4 Å². The van der Waals surface area contributed by atoms with Gasteiger partial charge in [-0.3, -0.25) is 4.79 Å². The zero-order valence-electron chi connectivity index (χ0n) is 10.7. The Morgan fingerprint density at radius 1 is 1.42 bits per heavy atom. The Labute approximate surface area is 118 Å². The average molecular weight is 278 g/mol. The van der Waals surface area contributed by atoms with Crippen LogP contribution in [0.1, 0.15) is 12.8 Å². The third kappa shape index (κ3) is 3.92. The van der Waals surface area contributed by atoms with Crippen molar-refractivity contribution in [3.8, 4) is 5.75 Å². The molecule has 19 heavy (non-hydrogen) atoms. The van der Waals surface area contributed by atoms with E-state index < -0.39 is 0 Å². The fourth-order valence-corrected chi connectivity index (χ4v) is 2.38. The minimum Gasteiger partial charge on any atom is -0.484 e.